The molecule has 0 radical (unpaired) electrons. The fraction of sp³-hybridized carbons (Fsp3) is 0.316. The first-order valence-electron chi connectivity index (χ1n) is 8.77. The van der Waals surface area contributed by atoms with E-state index in [9.17, 15) is 13.2 Å². The van der Waals surface area contributed by atoms with Gasteiger partial charge in [0, 0.05) is 23.7 Å². The fourth-order valence-electron chi connectivity index (χ4n) is 2.89. The number of nitrogens with zero attached hydrogens (tertiary/aromatic N) is 1. The number of rotatable bonds is 6. The number of carbonyl (C=O) groups excluding carboxylic acids is 1. The highest BCUT2D eigenvalue weighted by Crippen LogP contribution is 2.30. The van der Waals surface area contributed by atoms with Crippen LogP contribution in [0.15, 0.2) is 46.2 Å². The topological polar surface area (TPSA) is 84.9 Å². The summed E-state index contributed by atoms with van der Waals surface area (Å²) in [5, 5.41) is 2.81. The molecule has 10 heteroatoms. The molecule has 156 valence electrons. The zero-order valence-electron chi connectivity index (χ0n) is 16.0. The van der Waals surface area contributed by atoms with Crippen LogP contribution in [0.2, 0.25) is 5.02 Å². The molecule has 0 bridgehead atoms. The van der Waals surface area contributed by atoms with Crippen molar-refractivity contribution in [3.05, 3.63) is 47.0 Å². The Morgan fingerprint density at radius 2 is 1.93 bits per heavy atom. The summed E-state index contributed by atoms with van der Waals surface area (Å²) in [6.07, 6.45) is 1.93. The van der Waals surface area contributed by atoms with Crippen molar-refractivity contribution in [3.8, 4) is 5.75 Å². The van der Waals surface area contributed by atoms with E-state index in [4.69, 9.17) is 21.1 Å². The van der Waals surface area contributed by atoms with Crippen molar-refractivity contribution in [2.45, 2.75) is 9.79 Å². The molecule has 3 rings (SSSR count). The number of methoxy groups -OCH3 is 1. The lowest BCUT2D eigenvalue weighted by molar-refractivity contribution is 0.0730. The summed E-state index contributed by atoms with van der Waals surface area (Å²) >= 11 is 7.70. The highest BCUT2D eigenvalue weighted by atomic mass is 35.5. The van der Waals surface area contributed by atoms with E-state index in [1.54, 1.807) is 18.2 Å². The van der Waals surface area contributed by atoms with Gasteiger partial charge < -0.3 is 14.8 Å². The van der Waals surface area contributed by atoms with E-state index >= 15 is 0 Å². The lowest BCUT2D eigenvalue weighted by atomic mass is 10.2. The van der Waals surface area contributed by atoms with E-state index in [1.807, 2.05) is 12.3 Å². The largest absolute Gasteiger partial charge is 0.496 e. The van der Waals surface area contributed by atoms with Gasteiger partial charge in [0.1, 0.15) is 10.6 Å². The Bertz CT molecular complexity index is 1010. The Morgan fingerprint density at radius 1 is 1.21 bits per heavy atom. The monoisotopic (exact) mass is 456 g/mol. The van der Waals surface area contributed by atoms with Crippen LogP contribution in [-0.2, 0) is 14.8 Å². The summed E-state index contributed by atoms with van der Waals surface area (Å²) in [5.74, 6) is 0.0241. The highest BCUT2D eigenvalue weighted by molar-refractivity contribution is 7.98. The molecule has 7 nitrogen and oxygen atoms in total. The molecule has 2 aromatic rings. The van der Waals surface area contributed by atoms with Crippen molar-refractivity contribution in [1.29, 1.82) is 0 Å². The lowest BCUT2D eigenvalue weighted by Crippen LogP contribution is -2.40. The minimum atomic E-state index is -3.79. The van der Waals surface area contributed by atoms with Gasteiger partial charge in [-0.3, -0.25) is 4.79 Å². The van der Waals surface area contributed by atoms with E-state index in [0.717, 1.165) is 4.90 Å². The van der Waals surface area contributed by atoms with Gasteiger partial charge in [0.2, 0.25) is 10.0 Å². The smallest absolute Gasteiger partial charge is 0.259 e. The van der Waals surface area contributed by atoms with Crippen LogP contribution in [0.1, 0.15) is 10.4 Å². The Labute approximate surface area is 179 Å². The maximum Gasteiger partial charge on any atom is 0.259 e. The Hall–Kier alpha value is -1.78. The van der Waals surface area contributed by atoms with Crippen LogP contribution in [-0.4, -0.2) is 58.3 Å². The van der Waals surface area contributed by atoms with Crippen molar-refractivity contribution in [2.24, 2.45) is 0 Å². The molecular weight excluding hydrogens is 436 g/mol. The molecule has 1 N–H and O–H groups in total. The second-order valence-electron chi connectivity index (χ2n) is 6.18. The lowest BCUT2D eigenvalue weighted by Gasteiger charge is -2.26. The minimum Gasteiger partial charge on any atom is -0.496 e. The van der Waals surface area contributed by atoms with Gasteiger partial charge in [0.05, 0.1) is 30.9 Å². The molecule has 0 aromatic heterocycles. The summed E-state index contributed by atoms with van der Waals surface area (Å²) in [6, 6.07) is 9.64. The predicted molar refractivity (Wildman–Crippen MR) is 114 cm³/mol. The molecular formula is C19H21ClN2O5S2. The maximum absolute atomic E-state index is 12.9. The molecule has 0 saturated carbocycles. The standard InChI is InChI=1S/C19H21ClN2O5S2/c1-26-17-12-14(28-2)4-5-15(17)19(23)21-13-3-6-16(20)18(11-13)29(24,25)22-7-9-27-10-8-22/h3-6,11-12H,7-10H2,1-2H3,(H,21,23). The van der Waals surface area contributed by atoms with Gasteiger partial charge in [-0.2, -0.15) is 4.31 Å². The van der Waals surface area contributed by atoms with Gasteiger partial charge in [-0.25, -0.2) is 8.42 Å². The Balaban J connectivity index is 1.87. The van der Waals surface area contributed by atoms with Crippen LogP contribution in [0.4, 0.5) is 5.69 Å². The van der Waals surface area contributed by atoms with Crippen molar-refractivity contribution < 1.29 is 22.7 Å². The van der Waals surface area contributed by atoms with Crippen LogP contribution in [0.3, 0.4) is 0 Å². The van der Waals surface area contributed by atoms with Crippen LogP contribution < -0.4 is 10.1 Å². The molecule has 1 fully saturated rings. The third-order valence-corrected chi connectivity index (χ3v) is 7.54. The molecule has 0 unspecified atom stereocenters. The summed E-state index contributed by atoms with van der Waals surface area (Å²) in [7, 11) is -2.30. The normalized spacial score (nSPS) is 15.1. The summed E-state index contributed by atoms with van der Waals surface area (Å²) in [6.45, 7) is 1.18. The second-order valence-corrected chi connectivity index (χ2v) is 9.38. The second kappa shape index (κ2) is 9.36. The van der Waals surface area contributed by atoms with E-state index in [-0.39, 0.29) is 23.0 Å². The number of nitrogens with one attached hydrogen (secondary N) is 1. The fourth-order valence-corrected chi connectivity index (χ4v) is 5.23. The average molecular weight is 457 g/mol. The number of anilines is 1. The molecule has 1 saturated heterocycles. The predicted octanol–water partition coefficient (Wildman–Crippen LogP) is 3.34. The summed E-state index contributed by atoms with van der Waals surface area (Å²) in [5.41, 5.74) is 0.667. The quantitative estimate of drug-likeness (QED) is 0.671. The molecule has 1 aliphatic heterocycles. The number of sulfonamides is 1. The van der Waals surface area contributed by atoms with Gasteiger partial charge in [-0.15, -0.1) is 11.8 Å². The van der Waals surface area contributed by atoms with Gasteiger partial charge in [0.25, 0.3) is 5.91 Å². The van der Waals surface area contributed by atoms with Crippen LogP contribution in [0.25, 0.3) is 0 Å². The summed E-state index contributed by atoms with van der Waals surface area (Å²) < 4.78 is 37.7. The molecule has 1 amide bonds. The molecule has 2 aromatic carbocycles. The summed E-state index contributed by atoms with van der Waals surface area (Å²) in [4.78, 5) is 13.6. The van der Waals surface area contributed by atoms with Gasteiger partial charge in [-0.1, -0.05) is 11.6 Å². The number of halogens is 1. The zero-order chi connectivity index (χ0) is 21.0. The number of carbonyl (C=O) groups is 1. The number of hydrogen-bond acceptors (Lipinski definition) is 6. The number of morpholine rings is 1. The van der Waals surface area contributed by atoms with Gasteiger partial charge >= 0.3 is 0 Å². The van der Waals surface area contributed by atoms with Crippen LogP contribution in [0, 0.1) is 0 Å². The number of thioether (sulfide) groups is 1. The zero-order valence-corrected chi connectivity index (χ0v) is 18.4. The van der Waals surface area contributed by atoms with E-state index in [2.05, 4.69) is 5.32 Å². The van der Waals surface area contributed by atoms with Crippen molar-refractivity contribution in [1.82, 2.24) is 4.31 Å². The first-order chi connectivity index (χ1) is 13.9. The molecule has 0 atom stereocenters. The number of benzene rings is 2. The molecule has 0 spiro atoms. The highest BCUT2D eigenvalue weighted by Gasteiger charge is 2.28. The SMILES string of the molecule is COc1cc(SC)ccc1C(=O)Nc1ccc(Cl)c(S(=O)(=O)N2CCOCC2)c1. The van der Waals surface area contributed by atoms with Crippen LogP contribution in [0.5, 0.6) is 5.75 Å². The maximum atomic E-state index is 12.9. The van der Waals surface area contributed by atoms with Crippen molar-refractivity contribution in [3.63, 3.8) is 0 Å². The molecule has 29 heavy (non-hydrogen) atoms. The van der Waals surface area contributed by atoms with Crippen molar-refractivity contribution in [2.75, 3.05) is 45.0 Å². The number of amides is 1. The third kappa shape index (κ3) is 4.87. The Kier molecular flexibility index (Phi) is 7.07. The number of hydrogen-bond donors (Lipinski definition) is 1. The number of ether oxygens (including phenoxy) is 2. The molecule has 1 heterocycles. The average Bonchev–Trinajstić information content (AvgIpc) is 2.75. The van der Waals surface area contributed by atoms with Gasteiger partial charge in [0.15, 0.2) is 0 Å². The first-order valence-corrected chi connectivity index (χ1v) is 11.8. The van der Waals surface area contributed by atoms with E-state index < -0.39 is 15.9 Å². The van der Waals surface area contributed by atoms with Crippen molar-refractivity contribution >= 4 is 45.0 Å². The molecule has 1 aliphatic rings. The minimum absolute atomic E-state index is 0.0523. The molecule has 0 aliphatic carbocycles. The third-order valence-electron chi connectivity index (χ3n) is 4.43. The van der Waals surface area contributed by atoms with E-state index in [0.29, 0.717) is 30.2 Å². The first kappa shape index (κ1) is 21.9. The van der Waals surface area contributed by atoms with Gasteiger partial charge in [-0.05, 0) is 42.7 Å². The Morgan fingerprint density at radius 3 is 2.59 bits per heavy atom. The van der Waals surface area contributed by atoms with E-state index in [1.165, 1.54) is 35.3 Å². The van der Waals surface area contributed by atoms with Crippen LogP contribution >= 0.6 is 23.4 Å².